The Bertz CT molecular complexity index is 728. The number of carbonyl (C=O) groups excluding carboxylic acids is 1. The number of hydrogen-bond donors (Lipinski definition) is 2. The highest BCUT2D eigenvalue weighted by Gasteiger charge is 2.18. The van der Waals surface area contributed by atoms with Gasteiger partial charge in [-0.3, -0.25) is 4.79 Å². The number of hydrogen-bond acceptors (Lipinski definition) is 7. The number of thioether (sulfide) groups is 1. The van der Waals surface area contributed by atoms with Gasteiger partial charge in [-0.2, -0.15) is 4.98 Å². The highest BCUT2D eigenvalue weighted by Crippen LogP contribution is 2.31. The van der Waals surface area contributed by atoms with Crippen molar-refractivity contribution < 1.29 is 9.53 Å². The number of carbonyl (C=O) groups is 1. The molecule has 1 aromatic carbocycles. The number of aromatic nitrogens is 3. The van der Waals surface area contributed by atoms with Gasteiger partial charge in [-0.1, -0.05) is 23.4 Å². The molecule has 0 aliphatic rings. The third kappa shape index (κ3) is 4.46. The number of halogens is 1. The maximum Gasteiger partial charge on any atom is 0.237 e. The minimum atomic E-state index is -0.433. The van der Waals surface area contributed by atoms with Crippen LogP contribution in [0.15, 0.2) is 23.6 Å². The summed E-state index contributed by atoms with van der Waals surface area (Å²) in [5, 5.41) is 3.35. The molecule has 2 rings (SSSR count). The Kier molecular flexibility index (Phi) is 5.62. The first-order chi connectivity index (χ1) is 10.9. The summed E-state index contributed by atoms with van der Waals surface area (Å²) in [6.07, 6.45) is 1.31. The lowest BCUT2D eigenvalue weighted by Crippen LogP contribution is -2.23. The van der Waals surface area contributed by atoms with Gasteiger partial charge in [-0.15, -0.1) is 0 Å². The number of ether oxygens (including phenoxy) is 1. The van der Waals surface area contributed by atoms with Crippen LogP contribution in [0, 0.1) is 6.92 Å². The summed E-state index contributed by atoms with van der Waals surface area (Å²) in [4.78, 5) is 24.0. The molecule has 0 aliphatic heterocycles. The van der Waals surface area contributed by atoms with Crippen molar-refractivity contribution in [1.29, 1.82) is 0 Å². The third-order valence-electron chi connectivity index (χ3n) is 2.96. The number of anilines is 2. The van der Waals surface area contributed by atoms with E-state index in [9.17, 15) is 4.79 Å². The van der Waals surface area contributed by atoms with Gasteiger partial charge < -0.3 is 15.8 Å². The van der Waals surface area contributed by atoms with Gasteiger partial charge in [0.1, 0.15) is 12.1 Å². The molecule has 0 spiro atoms. The van der Waals surface area contributed by atoms with Gasteiger partial charge >= 0.3 is 0 Å². The van der Waals surface area contributed by atoms with Crippen LogP contribution in [0.2, 0.25) is 5.02 Å². The SMILES string of the molecule is COc1cc(Cl)c(C)cc1NC(=O)C(C)Sc1ncnc(N)n1. The lowest BCUT2D eigenvalue weighted by atomic mass is 10.2. The minimum absolute atomic E-state index is 0.116. The number of rotatable bonds is 5. The van der Waals surface area contributed by atoms with Crippen LogP contribution in [0.25, 0.3) is 0 Å². The van der Waals surface area contributed by atoms with Crippen molar-refractivity contribution in [2.75, 3.05) is 18.2 Å². The number of nitrogens with two attached hydrogens (primary N) is 1. The van der Waals surface area contributed by atoms with Crippen LogP contribution in [0.3, 0.4) is 0 Å². The van der Waals surface area contributed by atoms with Crippen molar-refractivity contribution in [1.82, 2.24) is 15.0 Å². The van der Waals surface area contributed by atoms with Gasteiger partial charge in [0, 0.05) is 11.1 Å². The summed E-state index contributed by atoms with van der Waals surface area (Å²) in [5.74, 6) is 0.398. The van der Waals surface area contributed by atoms with Crippen LogP contribution in [0.1, 0.15) is 12.5 Å². The molecule has 0 fully saturated rings. The van der Waals surface area contributed by atoms with Crippen molar-refractivity contribution in [3.8, 4) is 5.75 Å². The molecule has 0 radical (unpaired) electrons. The Morgan fingerprint density at radius 3 is 2.83 bits per heavy atom. The van der Waals surface area contributed by atoms with Gasteiger partial charge in [0.15, 0.2) is 5.16 Å². The maximum atomic E-state index is 12.3. The first-order valence-electron chi connectivity index (χ1n) is 6.67. The molecule has 1 unspecified atom stereocenters. The number of benzene rings is 1. The predicted octanol–water partition coefficient (Wildman–Crippen LogP) is 2.54. The molecule has 3 N–H and O–H groups in total. The Morgan fingerprint density at radius 1 is 1.43 bits per heavy atom. The number of amides is 1. The molecular formula is C14H16ClN5O2S. The number of nitrogens with one attached hydrogen (secondary N) is 1. The molecule has 2 aromatic rings. The van der Waals surface area contributed by atoms with Crippen LogP contribution in [-0.2, 0) is 4.79 Å². The second-order valence-electron chi connectivity index (χ2n) is 4.68. The topological polar surface area (TPSA) is 103 Å². The normalized spacial score (nSPS) is 11.8. The Labute approximate surface area is 143 Å². The molecule has 0 saturated carbocycles. The third-order valence-corrected chi connectivity index (χ3v) is 4.34. The quantitative estimate of drug-likeness (QED) is 0.796. The summed E-state index contributed by atoms with van der Waals surface area (Å²) in [6.45, 7) is 3.60. The van der Waals surface area contributed by atoms with E-state index in [4.69, 9.17) is 22.1 Å². The van der Waals surface area contributed by atoms with Crippen molar-refractivity contribution in [2.45, 2.75) is 24.3 Å². The van der Waals surface area contributed by atoms with Gasteiger partial charge in [-0.05, 0) is 25.5 Å². The van der Waals surface area contributed by atoms with Crippen LogP contribution in [0.4, 0.5) is 11.6 Å². The predicted molar refractivity (Wildman–Crippen MR) is 90.9 cm³/mol. The van der Waals surface area contributed by atoms with E-state index in [1.54, 1.807) is 19.1 Å². The number of methoxy groups -OCH3 is 1. The summed E-state index contributed by atoms with van der Waals surface area (Å²) >= 11 is 7.24. The fourth-order valence-electron chi connectivity index (χ4n) is 1.73. The average Bonchev–Trinajstić information content (AvgIpc) is 2.50. The lowest BCUT2D eigenvalue weighted by Gasteiger charge is -2.15. The van der Waals surface area contributed by atoms with Gasteiger partial charge in [0.05, 0.1) is 18.0 Å². The molecule has 23 heavy (non-hydrogen) atoms. The van der Waals surface area contributed by atoms with Crippen LogP contribution in [0.5, 0.6) is 5.75 Å². The zero-order valence-corrected chi connectivity index (χ0v) is 14.4. The minimum Gasteiger partial charge on any atom is -0.495 e. The molecule has 1 atom stereocenters. The lowest BCUT2D eigenvalue weighted by molar-refractivity contribution is -0.115. The standard InChI is InChI=1S/C14H16ClN5O2S/c1-7-4-10(11(22-3)5-9(7)15)19-12(21)8(2)23-14-18-6-17-13(16)20-14/h4-6,8H,1-3H3,(H,19,21)(H2,16,17,18,20). The first-order valence-corrected chi connectivity index (χ1v) is 7.92. The molecule has 7 nitrogen and oxygen atoms in total. The smallest absolute Gasteiger partial charge is 0.237 e. The van der Waals surface area contributed by atoms with Crippen molar-refractivity contribution >= 4 is 40.9 Å². The fourth-order valence-corrected chi connectivity index (χ4v) is 2.62. The first kappa shape index (κ1) is 17.3. The summed E-state index contributed by atoms with van der Waals surface area (Å²) in [6, 6.07) is 3.42. The largest absolute Gasteiger partial charge is 0.495 e. The zero-order valence-electron chi connectivity index (χ0n) is 12.8. The number of nitrogen functional groups attached to an aromatic ring is 1. The Balaban J connectivity index is 2.11. The molecular weight excluding hydrogens is 338 g/mol. The molecule has 9 heteroatoms. The molecule has 0 aliphatic carbocycles. The summed E-state index contributed by atoms with van der Waals surface area (Å²) in [5.41, 5.74) is 6.90. The number of aryl methyl sites for hydroxylation is 1. The van der Waals surface area contributed by atoms with Crippen LogP contribution < -0.4 is 15.8 Å². The van der Waals surface area contributed by atoms with Gasteiger partial charge in [0.25, 0.3) is 0 Å². The van der Waals surface area contributed by atoms with Gasteiger partial charge in [0.2, 0.25) is 11.9 Å². The van der Waals surface area contributed by atoms with E-state index >= 15 is 0 Å². The second-order valence-corrected chi connectivity index (χ2v) is 6.39. The molecule has 0 bridgehead atoms. The van der Waals surface area contributed by atoms with Crippen molar-refractivity contribution in [3.05, 3.63) is 29.0 Å². The average molecular weight is 354 g/mol. The van der Waals surface area contributed by atoms with Crippen LogP contribution >= 0.6 is 23.4 Å². The van der Waals surface area contributed by atoms with E-state index in [1.165, 1.54) is 25.2 Å². The van der Waals surface area contributed by atoms with E-state index in [0.717, 1.165) is 5.56 Å². The molecule has 1 aromatic heterocycles. The monoisotopic (exact) mass is 353 g/mol. The Hall–Kier alpha value is -2.06. The number of nitrogens with zero attached hydrogens (tertiary/aromatic N) is 3. The van der Waals surface area contributed by atoms with Gasteiger partial charge in [-0.25, -0.2) is 9.97 Å². The highest BCUT2D eigenvalue weighted by atomic mass is 35.5. The molecule has 1 heterocycles. The second kappa shape index (κ2) is 7.47. The van der Waals surface area contributed by atoms with E-state index in [2.05, 4.69) is 20.3 Å². The van der Waals surface area contributed by atoms with Crippen molar-refractivity contribution in [2.24, 2.45) is 0 Å². The van der Waals surface area contributed by atoms with Crippen LogP contribution in [-0.4, -0.2) is 33.2 Å². The van der Waals surface area contributed by atoms with Crippen molar-refractivity contribution in [3.63, 3.8) is 0 Å². The maximum absolute atomic E-state index is 12.3. The zero-order chi connectivity index (χ0) is 17.0. The molecule has 0 saturated heterocycles. The Morgan fingerprint density at radius 2 is 2.17 bits per heavy atom. The summed E-state index contributed by atoms with van der Waals surface area (Å²) < 4.78 is 5.24. The van der Waals surface area contributed by atoms with E-state index in [-0.39, 0.29) is 11.9 Å². The molecule has 1 amide bonds. The fraction of sp³-hybridized carbons (Fsp3) is 0.286. The van der Waals surface area contributed by atoms with E-state index in [1.807, 2.05) is 6.92 Å². The summed E-state index contributed by atoms with van der Waals surface area (Å²) in [7, 11) is 1.52. The molecule has 122 valence electrons. The van der Waals surface area contributed by atoms with E-state index in [0.29, 0.717) is 21.6 Å². The highest BCUT2D eigenvalue weighted by molar-refractivity contribution is 8.00. The van der Waals surface area contributed by atoms with E-state index < -0.39 is 5.25 Å².